The fourth-order valence-electron chi connectivity index (χ4n) is 0.978. The van der Waals surface area contributed by atoms with Crippen LogP contribution < -0.4 is 0 Å². The van der Waals surface area contributed by atoms with E-state index in [1.54, 1.807) is 14.0 Å². The number of esters is 1. The van der Waals surface area contributed by atoms with E-state index in [0.29, 0.717) is 19.6 Å². The number of carbonyl (C=O) groups is 1. The highest BCUT2D eigenvalue weighted by atomic mass is 16.5. The Balaban J connectivity index is 3.38. The average Bonchev–Trinajstić information content (AvgIpc) is 2.05. The number of ether oxygens (including phenoxy) is 2. The van der Waals surface area contributed by atoms with Gasteiger partial charge in [0.25, 0.3) is 0 Å². The van der Waals surface area contributed by atoms with Gasteiger partial charge in [-0.05, 0) is 19.8 Å². The lowest BCUT2D eigenvalue weighted by atomic mass is 10.1. The van der Waals surface area contributed by atoms with E-state index in [1.807, 2.05) is 0 Å². The molecular weight excluding hydrogens is 172 g/mol. The van der Waals surface area contributed by atoms with Crippen LogP contribution in [0.2, 0.25) is 0 Å². The zero-order valence-corrected chi connectivity index (χ0v) is 8.28. The summed E-state index contributed by atoms with van der Waals surface area (Å²) in [4.78, 5) is 10.9. The molecule has 0 rings (SSSR count). The maximum atomic E-state index is 10.9. The molecule has 0 aromatic carbocycles. The van der Waals surface area contributed by atoms with Gasteiger partial charge in [-0.3, -0.25) is 4.79 Å². The van der Waals surface area contributed by atoms with Gasteiger partial charge in [-0.1, -0.05) is 0 Å². The third kappa shape index (κ3) is 7.74. The van der Waals surface area contributed by atoms with Gasteiger partial charge >= 0.3 is 5.97 Å². The summed E-state index contributed by atoms with van der Waals surface area (Å²) in [6.07, 6.45) is 0.815. The second kappa shape index (κ2) is 8.01. The van der Waals surface area contributed by atoms with E-state index in [0.717, 1.165) is 6.42 Å². The maximum absolute atomic E-state index is 10.9. The third-order valence-electron chi connectivity index (χ3n) is 1.59. The van der Waals surface area contributed by atoms with Gasteiger partial charge in [0.15, 0.2) is 0 Å². The molecule has 0 fully saturated rings. The summed E-state index contributed by atoms with van der Waals surface area (Å²) < 4.78 is 9.51. The maximum Gasteiger partial charge on any atom is 0.308 e. The van der Waals surface area contributed by atoms with Crippen LogP contribution in [-0.4, -0.2) is 37.5 Å². The van der Waals surface area contributed by atoms with Crippen molar-refractivity contribution in [3.05, 3.63) is 0 Å². The number of methoxy groups -OCH3 is 1. The second-order valence-corrected chi connectivity index (χ2v) is 2.80. The van der Waals surface area contributed by atoms with Crippen LogP contribution in [0, 0.1) is 0 Å². The SMILES string of the molecule is CCOC(=O)C[C@H](O)CCCOC. The lowest BCUT2D eigenvalue weighted by Crippen LogP contribution is -2.16. The van der Waals surface area contributed by atoms with Gasteiger partial charge in [0.1, 0.15) is 0 Å². The monoisotopic (exact) mass is 190 g/mol. The molecule has 0 bridgehead atoms. The Labute approximate surface area is 78.8 Å². The molecule has 0 unspecified atom stereocenters. The normalized spacial score (nSPS) is 12.5. The molecule has 0 aliphatic heterocycles. The highest BCUT2D eigenvalue weighted by Gasteiger charge is 2.10. The van der Waals surface area contributed by atoms with Crippen molar-refractivity contribution < 1.29 is 19.4 Å². The van der Waals surface area contributed by atoms with Crippen LogP contribution in [0.1, 0.15) is 26.2 Å². The number of aliphatic hydroxyl groups excluding tert-OH is 1. The van der Waals surface area contributed by atoms with Gasteiger partial charge < -0.3 is 14.6 Å². The van der Waals surface area contributed by atoms with Crippen molar-refractivity contribution in [1.82, 2.24) is 0 Å². The molecule has 0 spiro atoms. The van der Waals surface area contributed by atoms with E-state index in [1.165, 1.54) is 0 Å². The number of hydrogen-bond acceptors (Lipinski definition) is 4. The molecular formula is C9H18O4. The molecule has 0 amide bonds. The Morgan fingerprint density at radius 1 is 1.54 bits per heavy atom. The molecule has 0 heterocycles. The van der Waals surface area contributed by atoms with E-state index in [9.17, 15) is 9.90 Å². The zero-order chi connectivity index (χ0) is 10.1. The molecule has 0 saturated carbocycles. The first-order chi connectivity index (χ1) is 6.20. The van der Waals surface area contributed by atoms with Crippen LogP contribution in [-0.2, 0) is 14.3 Å². The van der Waals surface area contributed by atoms with Gasteiger partial charge in [-0.25, -0.2) is 0 Å². The summed E-state index contributed by atoms with van der Waals surface area (Å²) in [6.45, 7) is 2.72. The second-order valence-electron chi connectivity index (χ2n) is 2.80. The molecule has 0 radical (unpaired) electrons. The van der Waals surface area contributed by atoms with E-state index in [4.69, 9.17) is 4.74 Å². The minimum atomic E-state index is -0.603. The summed E-state index contributed by atoms with van der Waals surface area (Å²) in [5, 5.41) is 9.32. The Kier molecular flexibility index (Phi) is 7.63. The third-order valence-corrected chi connectivity index (χ3v) is 1.59. The Bertz CT molecular complexity index is 136. The minimum Gasteiger partial charge on any atom is -0.466 e. The van der Waals surface area contributed by atoms with Crippen molar-refractivity contribution >= 4 is 5.97 Å². The van der Waals surface area contributed by atoms with Crippen LogP contribution in [0.25, 0.3) is 0 Å². The molecule has 0 aliphatic rings. The Morgan fingerprint density at radius 2 is 2.23 bits per heavy atom. The summed E-state index contributed by atoms with van der Waals surface area (Å²) in [6, 6.07) is 0. The highest BCUT2D eigenvalue weighted by Crippen LogP contribution is 2.03. The molecule has 0 aromatic rings. The van der Waals surface area contributed by atoms with E-state index in [-0.39, 0.29) is 12.4 Å². The Morgan fingerprint density at radius 3 is 2.77 bits per heavy atom. The average molecular weight is 190 g/mol. The summed E-state index contributed by atoms with van der Waals surface area (Å²) in [7, 11) is 1.61. The molecule has 78 valence electrons. The van der Waals surface area contributed by atoms with Crippen LogP contribution in [0.5, 0.6) is 0 Å². The minimum absolute atomic E-state index is 0.0809. The number of rotatable bonds is 7. The highest BCUT2D eigenvalue weighted by molar-refractivity contribution is 5.69. The van der Waals surface area contributed by atoms with Crippen molar-refractivity contribution in [2.24, 2.45) is 0 Å². The van der Waals surface area contributed by atoms with E-state index < -0.39 is 6.10 Å². The molecule has 0 aromatic heterocycles. The van der Waals surface area contributed by atoms with Gasteiger partial charge in [0.05, 0.1) is 19.1 Å². The molecule has 0 saturated heterocycles. The zero-order valence-electron chi connectivity index (χ0n) is 8.28. The lowest BCUT2D eigenvalue weighted by Gasteiger charge is -2.08. The molecule has 13 heavy (non-hydrogen) atoms. The smallest absolute Gasteiger partial charge is 0.308 e. The van der Waals surface area contributed by atoms with Gasteiger partial charge in [-0.15, -0.1) is 0 Å². The van der Waals surface area contributed by atoms with E-state index >= 15 is 0 Å². The largest absolute Gasteiger partial charge is 0.466 e. The summed E-state index contributed by atoms with van der Waals surface area (Å²) in [5.41, 5.74) is 0. The van der Waals surface area contributed by atoms with Crippen molar-refractivity contribution in [3.63, 3.8) is 0 Å². The molecule has 1 N–H and O–H groups in total. The predicted molar refractivity (Wildman–Crippen MR) is 48.4 cm³/mol. The quantitative estimate of drug-likeness (QED) is 0.475. The predicted octanol–water partition coefficient (Wildman–Crippen LogP) is 0.727. The number of hydrogen-bond donors (Lipinski definition) is 1. The van der Waals surface area contributed by atoms with Crippen molar-refractivity contribution in [2.45, 2.75) is 32.3 Å². The van der Waals surface area contributed by atoms with Crippen molar-refractivity contribution in [2.75, 3.05) is 20.3 Å². The van der Waals surface area contributed by atoms with Gasteiger partial charge in [-0.2, -0.15) is 0 Å². The van der Waals surface area contributed by atoms with Crippen LogP contribution in [0.3, 0.4) is 0 Å². The van der Waals surface area contributed by atoms with Crippen LogP contribution >= 0.6 is 0 Å². The summed E-state index contributed by atoms with van der Waals surface area (Å²) in [5.74, 6) is -0.340. The van der Waals surface area contributed by atoms with Crippen molar-refractivity contribution in [1.29, 1.82) is 0 Å². The molecule has 0 aliphatic carbocycles. The van der Waals surface area contributed by atoms with Crippen LogP contribution in [0.4, 0.5) is 0 Å². The van der Waals surface area contributed by atoms with Crippen LogP contribution in [0.15, 0.2) is 0 Å². The fraction of sp³-hybridized carbons (Fsp3) is 0.889. The topological polar surface area (TPSA) is 55.8 Å². The van der Waals surface area contributed by atoms with E-state index in [2.05, 4.69) is 4.74 Å². The molecule has 4 nitrogen and oxygen atoms in total. The molecule has 4 heteroatoms. The standard InChI is InChI=1S/C9H18O4/c1-3-13-9(11)7-8(10)5-4-6-12-2/h8,10H,3-7H2,1-2H3/t8-/m1/s1. The first-order valence-electron chi connectivity index (χ1n) is 4.53. The first kappa shape index (κ1) is 12.4. The number of aliphatic hydroxyl groups is 1. The van der Waals surface area contributed by atoms with Gasteiger partial charge in [0, 0.05) is 13.7 Å². The summed E-state index contributed by atoms with van der Waals surface area (Å²) >= 11 is 0. The molecule has 1 atom stereocenters. The lowest BCUT2D eigenvalue weighted by molar-refractivity contribution is -0.145. The van der Waals surface area contributed by atoms with Crippen molar-refractivity contribution in [3.8, 4) is 0 Å². The Hall–Kier alpha value is -0.610. The fourth-order valence-corrected chi connectivity index (χ4v) is 0.978. The first-order valence-corrected chi connectivity index (χ1v) is 4.53. The van der Waals surface area contributed by atoms with Gasteiger partial charge in [0.2, 0.25) is 0 Å². The number of carbonyl (C=O) groups excluding carboxylic acids is 1.